The third-order valence-electron chi connectivity index (χ3n) is 2.41. The van der Waals surface area contributed by atoms with Crippen LogP contribution in [0.5, 0.6) is 0 Å². The van der Waals surface area contributed by atoms with E-state index < -0.39 is 0 Å². The molecule has 0 unspecified atom stereocenters. The van der Waals surface area contributed by atoms with Crippen LogP contribution < -0.4 is 5.32 Å². The summed E-state index contributed by atoms with van der Waals surface area (Å²) in [6.45, 7) is 3.09. The molecule has 2 rings (SSSR count). The Balaban J connectivity index is 2.05. The highest BCUT2D eigenvalue weighted by Gasteiger charge is 2.20. The molecule has 1 atom stereocenters. The summed E-state index contributed by atoms with van der Waals surface area (Å²) in [5.74, 6) is 1.57. The number of nitrogens with one attached hydrogen (secondary N) is 1. The van der Waals surface area contributed by atoms with E-state index in [1.165, 1.54) is 12.8 Å². The van der Waals surface area contributed by atoms with Crippen molar-refractivity contribution in [1.29, 1.82) is 0 Å². The van der Waals surface area contributed by atoms with E-state index in [2.05, 4.69) is 15.5 Å². The average molecular weight is 181 g/mol. The topological polar surface area (TPSA) is 51.0 Å². The van der Waals surface area contributed by atoms with Crippen molar-refractivity contribution >= 4 is 0 Å². The maximum Gasteiger partial charge on any atom is 0.243 e. The van der Waals surface area contributed by atoms with E-state index in [4.69, 9.17) is 4.52 Å². The van der Waals surface area contributed by atoms with Gasteiger partial charge in [-0.15, -0.1) is 0 Å². The first-order chi connectivity index (χ1) is 6.40. The van der Waals surface area contributed by atoms with Crippen molar-refractivity contribution < 1.29 is 4.52 Å². The predicted molar refractivity (Wildman–Crippen MR) is 48.3 cm³/mol. The number of rotatable bonds is 2. The quantitative estimate of drug-likeness (QED) is 0.750. The zero-order valence-corrected chi connectivity index (χ0v) is 7.92. The molecule has 0 aliphatic carbocycles. The molecule has 1 aromatic rings. The third kappa shape index (κ3) is 1.88. The molecule has 0 radical (unpaired) electrons. The van der Waals surface area contributed by atoms with Crippen LogP contribution >= 0.6 is 0 Å². The smallest absolute Gasteiger partial charge is 0.243 e. The predicted octanol–water partition coefficient (Wildman–Crippen LogP) is 1.45. The molecule has 1 fully saturated rings. The van der Waals surface area contributed by atoms with Crippen LogP contribution in [0.1, 0.15) is 43.9 Å². The van der Waals surface area contributed by atoms with Gasteiger partial charge >= 0.3 is 0 Å². The molecule has 0 amide bonds. The second kappa shape index (κ2) is 3.87. The SMILES string of the molecule is CCc1noc([C@H]2CCCCN2)n1. The van der Waals surface area contributed by atoms with Crippen LogP contribution in [0.3, 0.4) is 0 Å². The van der Waals surface area contributed by atoms with Crippen LogP contribution in [0.2, 0.25) is 0 Å². The van der Waals surface area contributed by atoms with Crippen molar-refractivity contribution in [2.75, 3.05) is 6.54 Å². The standard InChI is InChI=1S/C9H15N3O/c1-2-8-11-9(13-12-8)7-5-3-4-6-10-7/h7,10H,2-6H2,1H3/t7-/m1/s1. The molecule has 1 aromatic heterocycles. The van der Waals surface area contributed by atoms with Crippen molar-refractivity contribution in [2.24, 2.45) is 0 Å². The molecule has 4 nitrogen and oxygen atoms in total. The third-order valence-corrected chi connectivity index (χ3v) is 2.41. The van der Waals surface area contributed by atoms with Crippen molar-refractivity contribution in [3.05, 3.63) is 11.7 Å². The Morgan fingerprint density at radius 2 is 2.46 bits per heavy atom. The van der Waals surface area contributed by atoms with E-state index in [1.54, 1.807) is 0 Å². The van der Waals surface area contributed by atoms with Gasteiger partial charge in [0, 0.05) is 6.42 Å². The Morgan fingerprint density at radius 3 is 3.08 bits per heavy atom. The van der Waals surface area contributed by atoms with Gasteiger partial charge in [0.25, 0.3) is 0 Å². The van der Waals surface area contributed by atoms with E-state index in [-0.39, 0.29) is 0 Å². The highest BCUT2D eigenvalue weighted by molar-refractivity contribution is 4.93. The fraction of sp³-hybridized carbons (Fsp3) is 0.778. The van der Waals surface area contributed by atoms with Gasteiger partial charge in [0.2, 0.25) is 5.89 Å². The molecule has 1 aliphatic rings. The number of hydrogen-bond acceptors (Lipinski definition) is 4. The first-order valence-electron chi connectivity index (χ1n) is 4.96. The molecular weight excluding hydrogens is 166 g/mol. The van der Waals surface area contributed by atoms with Crippen LogP contribution in [-0.2, 0) is 6.42 Å². The number of piperidine rings is 1. The van der Waals surface area contributed by atoms with Gasteiger partial charge in [-0.05, 0) is 19.4 Å². The Labute approximate surface area is 77.7 Å². The Hall–Kier alpha value is -0.900. The van der Waals surface area contributed by atoms with Crippen molar-refractivity contribution in [2.45, 2.75) is 38.6 Å². The van der Waals surface area contributed by atoms with E-state index in [1.807, 2.05) is 6.92 Å². The Kier molecular flexibility index (Phi) is 2.59. The Morgan fingerprint density at radius 1 is 1.54 bits per heavy atom. The minimum atomic E-state index is 0.293. The monoisotopic (exact) mass is 181 g/mol. The Bertz CT molecular complexity index is 266. The fourth-order valence-electron chi connectivity index (χ4n) is 1.62. The summed E-state index contributed by atoms with van der Waals surface area (Å²) < 4.78 is 5.17. The van der Waals surface area contributed by atoms with Gasteiger partial charge < -0.3 is 9.84 Å². The number of hydrogen-bond donors (Lipinski definition) is 1. The molecule has 13 heavy (non-hydrogen) atoms. The normalized spacial score (nSPS) is 23.3. The summed E-state index contributed by atoms with van der Waals surface area (Å²) in [5, 5.41) is 7.26. The largest absolute Gasteiger partial charge is 0.338 e. The summed E-state index contributed by atoms with van der Waals surface area (Å²) in [5.41, 5.74) is 0. The molecule has 72 valence electrons. The van der Waals surface area contributed by atoms with Crippen LogP contribution in [-0.4, -0.2) is 16.7 Å². The van der Waals surface area contributed by atoms with Crippen molar-refractivity contribution in [1.82, 2.24) is 15.5 Å². The van der Waals surface area contributed by atoms with Gasteiger partial charge in [0.1, 0.15) is 0 Å². The summed E-state index contributed by atoms with van der Waals surface area (Å²) in [7, 11) is 0. The van der Waals surface area contributed by atoms with E-state index in [0.29, 0.717) is 6.04 Å². The first kappa shape index (κ1) is 8.69. The van der Waals surface area contributed by atoms with Gasteiger partial charge in [-0.1, -0.05) is 18.5 Å². The van der Waals surface area contributed by atoms with Crippen LogP contribution in [0.25, 0.3) is 0 Å². The molecule has 0 saturated carbocycles. The van der Waals surface area contributed by atoms with Crippen LogP contribution in [0, 0.1) is 0 Å². The van der Waals surface area contributed by atoms with Gasteiger partial charge in [-0.3, -0.25) is 0 Å². The van der Waals surface area contributed by atoms with Crippen molar-refractivity contribution in [3.63, 3.8) is 0 Å². The highest BCUT2D eigenvalue weighted by atomic mass is 16.5. The van der Waals surface area contributed by atoms with Gasteiger partial charge in [0.05, 0.1) is 6.04 Å². The number of aryl methyl sites for hydroxylation is 1. The fourth-order valence-corrected chi connectivity index (χ4v) is 1.62. The zero-order valence-electron chi connectivity index (χ0n) is 7.92. The lowest BCUT2D eigenvalue weighted by molar-refractivity contribution is 0.296. The second-order valence-corrected chi connectivity index (χ2v) is 3.40. The summed E-state index contributed by atoms with van der Waals surface area (Å²) >= 11 is 0. The van der Waals surface area contributed by atoms with Crippen LogP contribution in [0.15, 0.2) is 4.52 Å². The van der Waals surface area contributed by atoms with Gasteiger partial charge in [-0.25, -0.2) is 0 Å². The van der Waals surface area contributed by atoms with E-state index in [0.717, 1.165) is 31.1 Å². The molecule has 4 heteroatoms. The molecule has 1 N–H and O–H groups in total. The molecule has 1 saturated heterocycles. The second-order valence-electron chi connectivity index (χ2n) is 3.40. The number of nitrogens with zero attached hydrogens (tertiary/aromatic N) is 2. The molecular formula is C9H15N3O. The van der Waals surface area contributed by atoms with Crippen LogP contribution in [0.4, 0.5) is 0 Å². The lowest BCUT2D eigenvalue weighted by Crippen LogP contribution is -2.26. The maximum atomic E-state index is 5.17. The molecule has 0 bridgehead atoms. The van der Waals surface area contributed by atoms with E-state index in [9.17, 15) is 0 Å². The minimum absolute atomic E-state index is 0.293. The number of aromatic nitrogens is 2. The summed E-state index contributed by atoms with van der Waals surface area (Å²) in [6, 6.07) is 0.293. The van der Waals surface area contributed by atoms with Crippen molar-refractivity contribution in [3.8, 4) is 0 Å². The maximum absolute atomic E-state index is 5.17. The van der Waals surface area contributed by atoms with Gasteiger partial charge in [0.15, 0.2) is 5.82 Å². The van der Waals surface area contributed by atoms with E-state index >= 15 is 0 Å². The zero-order chi connectivity index (χ0) is 9.10. The summed E-state index contributed by atoms with van der Waals surface area (Å²) in [4.78, 5) is 4.31. The lowest BCUT2D eigenvalue weighted by Gasteiger charge is -2.19. The minimum Gasteiger partial charge on any atom is -0.338 e. The lowest BCUT2D eigenvalue weighted by atomic mass is 10.1. The first-order valence-corrected chi connectivity index (χ1v) is 4.96. The molecule has 0 spiro atoms. The van der Waals surface area contributed by atoms with Gasteiger partial charge in [-0.2, -0.15) is 4.98 Å². The summed E-state index contributed by atoms with van der Waals surface area (Å²) in [6.07, 6.45) is 4.47. The molecule has 0 aromatic carbocycles. The molecule has 1 aliphatic heterocycles. The molecule has 2 heterocycles. The highest BCUT2D eigenvalue weighted by Crippen LogP contribution is 2.20. The average Bonchev–Trinajstić information content (AvgIpc) is 2.67.